The molecule has 5 heteroatoms. The fraction of sp³-hybridized carbons (Fsp3) is 0. The summed E-state index contributed by atoms with van der Waals surface area (Å²) >= 11 is 0. The summed E-state index contributed by atoms with van der Waals surface area (Å²) in [6.45, 7) is 0. The number of carbonyl (C=O) groups is 1. The zero-order valence-electron chi connectivity index (χ0n) is 6.15. The number of benzene rings is 1. The lowest BCUT2D eigenvalue weighted by atomic mass is 10.2. The normalized spacial score (nSPS) is 9.00. The maximum absolute atomic E-state index is 10.6. The minimum absolute atomic E-state index is 0.337. The average molecular weight is 165 g/mol. The molecule has 0 atom stereocenters. The molecular formula is C7H7N3O2. The van der Waals surface area contributed by atoms with Crippen LogP contribution in [0.4, 0.5) is 5.69 Å². The van der Waals surface area contributed by atoms with Crippen LogP contribution >= 0.6 is 0 Å². The Hall–Kier alpha value is -1.91. The molecule has 0 saturated heterocycles. The van der Waals surface area contributed by atoms with Gasteiger partial charge in [0.2, 0.25) is 5.91 Å². The Morgan fingerprint density at radius 1 is 1.50 bits per heavy atom. The highest BCUT2D eigenvalue weighted by Gasteiger charge is 1.99. The fourth-order valence-electron chi connectivity index (χ4n) is 0.795. The van der Waals surface area contributed by atoms with E-state index in [-0.39, 0.29) is 0 Å². The van der Waals surface area contributed by atoms with Crippen LogP contribution in [-0.4, -0.2) is 5.91 Å². The second kappa shape index (κ2) is 3.47. The number of hydrogen-bond donors (Lipinski definition) is 2. The number of carbonyl (C=O) groups excluding carboxylic acids is 1. The van der Waals surface area contributed by atoms with Crippen LogP contribution in [0.15, 0.2) is 29.6 Å². The lowest BCUT2D eigenvalue weighted by Crippen LogP contribution is -2.10. The van der Waals surface area contributed by atoms with Crippen LogP contribution in [0.1, 0.15) is 10.4 Å². The molecule has 0 spiro atoms. The van der Waals surface area contributed by atoms with Gasteiger partial charge in [0.25, 0.3) is 0 Å². The van der Waals surface area contributed by atoms with E-state index in [2.05, 4.69) is 10.7 Å². The first-order valence-electron chi connectivity index (χ1n) is 3.22. The molecule has 0 aliphatic carbocycles. The van der Waals surface area contributed by atoms with Crippen LogP contribution in [0.25, 0.3) is 0 Å². The smallest absolute Gasteiger partial charge is 0.248 e. The molecule has 12 heavy (non-hydrogen) atoms. The second-order valence-corrected chi connectivity index (χ2v) is 2.15. The Kier molecular flexibility index (Phi) is 2.37. The van der Waals surface area contributed by atoms with Crippen molar-refractivity contribution < 1.29 is 4.79 Å². The number of nitrogens with two attached hydrogens (primary N) is 1. The first-order chi connectivity index (χ1) is 5.74. The van der Waals surface area contributed by atoms with Gasteiger partial charge in [-0.25, -0.2) is 5.43 Å². The lowest BCUT2D eigenvalue weighted by Gasteiger charge is -1.98. The highest BCUT2D eigenvalue weighted by molar-refractivity contribution is 5.93. The maximum Gasteiger partial charge on any atom is 0.248 e. The third-order valence-corrected chi connectivity index (χ3v) is 1.32. The third-order valence-electron chi connectivity index (χ3n) is 1.32. The van der Waals surface area contributed by atoms with Crippen LogP contribution in [0.3, 0.4) is 0 Å². The number of nitrogens with zero attached hydrogens (tertiary/aromatic N) is 1. The lowest BCUT2D eigenvalue weighted by molar-refractivity contribution is 0.100. The van der Waals surface area contributed by atoms with E-state index < -0.39 is 5.91 Å². The number of nitroso groups, excluding NO2 is 1. The van der Waals surface area contributed by atoms with Crippen molar-refractivity contribution in [1.82, 2.24) is 0 Å². The van der Waals surface area contributed by atoms with Crippen molar-refractivity contribution in [1.29, 1.82) is 0 Å². The van der Waals surface area contributed by atoms with Crippen molar-refractivity contribution in [2.45, 2.75) is 0 Å². The molecule has 0 aliphatic rings. The molecule has 0 fully saturated rings. The van der Waals surface area contributed by atoms with Gasteiger partial charge in [-0.05, 0) is 18.2 Å². The van der Waals surface area contributed by atoms with Gasteiger partial charge in [0.05, 0.1) is 11.0 Å². The van der Waals surface area contributed by atoms with Crippen LogP contribution in [0, 0.1) is 4.91 Å². The summed E-state index contributed by atoms with van der Waals surface area (Å²) in [7, 11) is 0. The molecule has 1 amide bonds. The van der Waals surface area contributed by atoms with Crippen molar-refractivity contribution in [2.75, 3.05) is 5.43 Å². The number of rotatable bonds is 3. The number of nitrogens with one attached hydrogen (secondary N) is 1. The number of primary amides is 1. The summed E-state index contributed by atoms with van der Waals surface area (Å²) in [5.74, 6) is -0.537. The summed E-state index contributed by atoms with van der Waals surface area (Å²) in [6.07, 6.45) is 0. The van der Waals surface area contributed by atoms with E-state index in [1.54, 1.807) is 18.2 Å². The Morgan fingerprint density at radius 2 is 2.25 bits per heavy atom. The zero-order valence-corrected chi connectivity index (χ0v) is 6.15. The minimum Gasteiger partial charge on any atom is -0.366 e. The molecule has 5 nitrogen and oxygen atoms in total. The summed E-state index contributed by atoms with van der Waals surface area (Å²) in [5, 5.41) is 2.45. The van der Waals surface area contributed by atoms with Crippen molar-refractivity contribution in [3.8, 4) is 0 Å². The van der Waals surface area contributed by atoms with Crippen molar-refractivity contribution in [3.05, 3.63) is 34.7 Å². The van der Waals surface area contributed by atoms with E-state index in [1.807, 2.05) is 0 Å². The van der Waals surface area contributed by atoms with Crippen LogP contribution < -0.4 is 11.2 Å². The van der Waals surface area contributed by atoms with Crippen molar-refractivity contribution in [2.24, 2.45) is 11.0 Å². The van der Waals surface area contributed by atoms with E-state index in [4.69, 9.17) is 5.73 Å². The predicted molar refractivity (Wildman–Crippen MR) is 44.4 cm³/mol. The molecule has 0 unspecified atom stereocenters. The second-order valence-electron chi connectivity index (χ2n) is 2.15. The molecule has 1 aromatic carbocycles. The molecule has 0 saturated carbocycles. The highest BCUT2D eigenvalue weighted by atomic mass is 16.3. The summed E-state index contributed by atoms with van der Waals surface area (Å²) in [6, 6.07) is 6.21. The SMILES string of the molecule is NC(=O)c1cccc(NN=O)c1. The molecular weight excluding hydrogens is 158 g/mol. The number of amides is 1. The van der Waals surface area contributed by atoms with Gasteiger partial charge in [0.15, 0.2) is 0 Å². The summed E-state index contributed by atoms with van der Waals surface area (Å²) in [5.41, 5.74) is 7.95. The predicted octanol–water partition coefficient (Wildman–Crippen LogP) is 0.879. The minimum atomic E-state index is -0.537. The van der Waals surface area contributed by atoms with E-state index >= 15 is 0 Å². The molecule has 0 aromatic heterocycles. The average Bonchev–Trinajstić information content (AvgIpc) is 2.05. The molecule has 0 bridgehead atoms. The van der Waals surface area contributed by atoms with E-state index in [9.17, 15) is 9.70 Å². The largest absolute Gasteiger partial charge is 0.366 e. The van der Waals surface area contributed by atoms with Crippen LogP contribution in [0.2, 0.25) is 0 Å². The Balaban J connectivity index is 2.95. The van der Waals surface area contributed by atoms with Gasteiger partial charge in [-0.2, -0.15) is 0 Å². The third kappa shape index (κ3) is 1.79. The van der Waals surface area contributed by atoms with E-state index in [0.29, 0.717) is 11.3 Å². The monoisotopic (exact) mass is 165 g/mol. The van der Waals surface area contributed by atoms with Gasteiger partial charge < -0.3 is 5.73 Å². The van der Waals surface area contributed by atoms with Crippen LogP contribution in [0.5, 0.6) is 0 Å². The fourth-order valence-corrected chi connectivity index (χ4v) is 0.795. The molecule has 1 aromatic rings. The molecule has 0 radical (unpaired) electrons. The maximum atomic E-state index is 10.6. The van der Waals surface area contributed by atoms with Gasteiger partial charge in [0.1, 0.15) is 0 Å². The Bertz CT molecular complexity index is 311. The number of anilines is 1. The first kappa shape index (κ1) is 8.19. The molecule has 0 aliphatic heterocycles. The topological polar surface area (TPSA) is 84.6 Å². The molecule has 62 valence electrons. The van der Waals surface area contributed by atoms with Gasteiger partial charge >= 0.3 is 0 Å². The zero-order chi connectivity index (χ0) is 8.97. The molecule has 1 rings (SSSR count). The Labute approximate surface area is 68.5 Å². The highest BCUT2D eigenvalue weighted by Crippen LogP contribution is 2.09. The quantitative estimate of drug-likeness (QED) is 0.515. The van der Waals surface area contributed by atoms with Gasteiger partial charge in [-0.15, -0.1) is 4.91 Å². The summed E-state index contributed by atoms with van der Waals surface area (Å²) < 4.78 is 0. The standard InChI is InChI=1S/C7H7N3O2/c8-7(11)5-2-1-3-6(4-5)9-10-12/h1-4H,(H2,8,11)(H,9,12). The molecule has 0 heterocycles. The summed E-state index contributed by atoms with van der Waals surface area (Å²) in [4.78, 5) is 20.4. The van der Waals surface area contributed by atoms with Crippen molar-refractivity contribution in [3.63, 3.8) is 0 Å². The van der Waals surface area contributed by atoms with Gasteiger partial charge in [0, 0.05) is 5.56 Å². The van der Waals surface area contributed by atoms with Crippen molar-refractivity contribution >= 4 is 11.6 Å². The first-order valence-corrected chi connectivity index (χ1v) is 3.22. The van der Waals surface area contributed by atoms with Crippen LogP contribution in [-0.2, 0) is 0 Å². The van der Waals surface area contributed by atoms with Gasteiger partial charge in [-0.3, -0.25) is 4.79 Å². The number of hydrogen-bond acceptors (Lipinski definition) is 3. The van der Waals surface area contributed by atoms with E-state index in [0.717, 1.165) is 0 Å². The van der Waals surface area contributed by atoms with Gasteiger partial charge in [-0.1, -0.05) is 6.07 Å². The Morgan fingerprint density at radius 3 is 2.83 bits per heavy atom. The van der Waals surface area contributed by atoms with E-state index in [1.165, 1.54) is 6.07 Å². The molecule has 3 N–H and O–H groups in total.